The summed E-state index contributed by atoms with van der Waals surface area (Å²) >= 11 is 0. The van der Waals surface area contributed by atoms with Crippen LogP contribution in [-0.2, 0) is 9.53 Å². The standard InChI is InChI=1S/C28H25F2N3O3/c29-21-4-2-1-3-19(21)20-6-5-17(14-22(20)30)32-28(35)27-24-8-7-23(36-24)26(27)16-9-11-31-25(13-16)33-12-10-18(34)15-33/h1-6,9,11,13-14,18,23-24,34H,7-8,10,12,15H2,(H,32,35). The highest BCUT2D eigenvalue weighted by molar-refractivity contribution is 6.11. The number of carbonyl (C=O) groups is 1. The van der Waals surface area contributed by atoms with Crippen LogP contribution in [-0.4, -0.2) is 47.4 Å². The summed E-state index contributed by atoms with van der Waals surface area (Å²) < 4.78 is 35.1. The van der Waals surface area contributed by atoms with Gasteiger partial charge in [-0.25, -0.2) is 13.8 Å². The van der Waals surface area contributed by atoms with Crippen molar-refractivity contribution in [1.29, 1.82) is 0 Å². The number of halogens is 2. The van der Waals surface area contributed by atoms with Crippen molar-refractivity contribution in [2.75, 3.05) is 23.3 Å². The van der Waals surface area contributed by atoms with Crippen molar-refractivity contribution in [3.8, 4) is 11.1 Å². The molecule has 2 saturated heterocycles. The van der Waals surface area contributed by atoms with E-state index in [9.17, 15) is 18.7 Å². The van der Waals surface area contributed by atoms with Crippen molar-refractivity contribution in [2.24, 2.45) is 0 Å². The smallest absolute Gasteiger partial charge is 0.254 e. The van der Waals surface area contributed by atoms with Gasteiger partial charge in [-0.3, -0.25) is 4.79 Å². The van der Waals surface area contributed by atoms with Gasteiger partial charge < -0.3 is 20.1 Å². The maximum Gasteiger partial charge on any atom is 0.254 e. The zero-order valence-corrected chi connectivity index (χ0v) is 19.5. The molecule has 2 N–H and O–H groups in total. The molecule has 0 spiro atoms. The minimum Gasteiger partial charge on any atom is -0.391 e. The molecular formula is C28H25F2N3O3. The second kappa shape index (κ2) is 9.11. The third-order valence-corrected chi connectivity index (χ3v) is 7.13. The Morgan fingerprint density at radius 2 is 1.81 bits per heavy atom. The van der Waals surface area contributed by atoms with Gasteiger partial charge in [-0.15, -0.1) is 0 Å². The number of benzene rings is 2. The summed E-state index contributed by atoms with van der Waals surface area (Å²) in [4.78, 5) is 19.9. The van der Waals surface area contributed by atoms with Crippen LogP contribution in [0.25, 0.3) is 16.7 Å². The molecule has 2 aromatic carbocycles. The number of carbonyl (C=O) groups excluding carboxylic acids is 1. The third-order valence-electron chi connectivity index (χ3n) is 7.13. The number of hydrogen-bond acceptors (Lipinski definition) is 5. The highest BCUT2D eigenvalue weighted by Crippen LogP contribution is 2.45. The first-order valence-corrected chi connectivity index (χ1v) is 12.1. The summed E-state index contributed by atoms with van der Waals surface area (Å²) in [5, 5.41) is 12.7. The van der Waals surface area contributed by atoms with E-state index in [-0.39, 0.29) is 41.0 Å². The summed E-state index contributed by atoms with van der Waals surface area (Å²) in [5.74, 6) is -0.722. The number of pyridine rings is 1. The van der Waals surface area contributed by atoms with Gasteiger partial charge >= 0.3 is 0 Å². The van der Waals surface area contributed by atoms with Crippen LogP contribution < -0.4 is 10.2 Å². The lowest BCUT2D eigenvalue weighted by molar-refractivity contribution is -0.113. The fraction of sp³-hybridized carbons (Fsp3) is 0.286. The van der Waals surface area contributed by atoms with Gasteiger partial charge in [0.25, 0.3) is 5.91 Å². The van der Waals surface area contributed by atoms with E-state index in [0.717, 1.165) is 36.3 Å². The lowest BCUT2D eigenvalue weighted by atomic mass is 9.87. The van der Waals surface area contributed by atoms with E-state index >= 15 is 0 Å². The van der Waals surface area contributed by atoms with Crippen molar-refractivity contribution < 1.29 is 23.4 Å². The van der Waals surface area contributed by atoms with E-state index in [4.69, 9.17) is 4.74 Å². The molecule has 3 aliphatic rings. The van der Waals surface area contributed by atoms with Crippen LogP contribution in [0.3, 0.4) is 0 Å². The van der Waals surface area contributed by atoms with Gasteiger partial charge in [0.2, 0.25) is 0 Å². The second-order valence-electron chi connectivity index (χ2n) is 9.44. The number of aliphatic hydroxyl groups excluding tert-OH is 1. The fourth-order valence-electron chi connectivity index (χ4n) is 5.42. The summed E-state index contributed by atoms with van der Waals surface area (Å²) in [6.45, 7) is 1.25. The number of rotatable bonds is 5. The maximum absolute atomic E-state index is 14.9. The predicted molar refractivity (Wildman–Crippen MR) is 132 cm³/mol. The third kappa shape index (κ3) is 4.06. The molecule has 184 valence electrons. The Labute approximate surface area is 207 Å². The highest BCUT2D eigenvalue weighted by Gasteiger charge is 2.44. The molecule has 2 fully saturated rings. The minimum absolute atomic E-state index is 0.130. The van der Waals surface area contributed by atoms with E-state index in [1.54, 1.807) is 24.4 Å². The summed E-state index contributed by atoms with van der Waals surface area (Å²) in [5.41, 5.74) is 2.82. The Balaban J connectivity index is 1.29. The first kappa shape index (κ1) is 22.8. The van der Waals surface area contributed by atoms with Crippen molar-refractivity contribution in [3.63, 3.8) is 0 Å². The number of amides is 1. The average molecular weight is 490 g/mol. The Morgan fingerprint density at radius 1 is 1.00 bits per heavy atom. The van der Waals surface area contributed by atoms with Gasteiger partial charge in [-0.2, -0.15) is 0 Å². The SMILES string of the molecule is O=C(Nc1ccc(-c2ccccc2F)c(F)c1)C1=C(c2ccnc(N3CCC(O)C3)c2)C2CCC1O2. The number of nitrogens with zero attached hydrogens (tertiary/aromatic N) is 2. The molecule has 8 heteroatoms. The zero-order chi connectivity index (χ0) is 24.8. The van der Waals surface area contributed by atoms with E-state index in [1.165, 1.54) is 24.3 Å². The molecule has 0 saturated carbocycles. The van der Waals surface area contributed by atoms with Gasteiger partial charge in [0, 0.05) is 36.1 Å². The lowest BCUT2D eigenvalue weighted by Crippen LogP contribution is -2.24. The van der Waals surface area contributed by atoms with E-state index in [1.807, 2.05) is 17.0 Å². The van der Waals surface area contributed by atoms with E-state index in [2.05, 4.69) is 10.3 Å². The summed E-state index contributed by atoms with van der Waals surface area (Å²) in [6, 6.07) is 14.0. The van der Waals surface area contributed by atoms with Crippen molar-refractivity contribution in [3.05, 3.63) is 83.6 Å². The molecule has 2 bridgehead atoms. The molecular weight excluding hydrogens is 464 g/mol. The zero-order valence-electron chi connectivity index (χ0n) is 19.5. The molecule has 6 rings (SSSR count). The number of aromatic nitrogens is 1. The molecule has 3 aliphatic heterocycles. The minimum atomic E-state index is -0.622. The molecule has 0 radical (unpaired) electrons. The van der Waals surface area contributed by atoms with Gasteiger partial charge in [-0.05, 0) is 66.8 Å². The van der Waals surface area contributed by atoms with Crippen LogP contribution in [0.5, 0.6) is 0 Å². The molecule has 1 aromatic heterocycles. The first-order valence-electron chi connectivity index (χ1n) is 12.1. The highest BCUT2D eigenvalue weighted by atomic mass is 19.1. The normalized spacial score (nSPS) is 23.0. The number of nitrogens with one attached hydrogen (secondary N) is 1. The molecule has 0 aliphatic carbocycles. The van der Waals surface area contributed by atoms with Crippen LogP contribution in [0.2, 0.25) is 0 Å². The molecule has 3 aromatic rings. The van der Waals surface area contributed by atoms with Crippen molar-refractivity contribution >= 4 is 23.0 Å². The monoisotopic (exact) mass is 489 g/mol. The molecule has 3 atom stereocenters. The van der Waals surface area contributed by atoms with Crippen LogP contribution in [0.4, 0.5) is 20.3 Å². The van der Waals surface area contributed by atoms with Crippen LogP contribution >= 0.6 is 0 Å². The first-order chi connectivity index (χ1) is 17.5. The van der Waals surface area contributed by atoms with Crippen LogP contribution in [0.15, 0.2) is 66.4 Å². The number of anilines is 2. The van der Waals surface area contributed by atoms with Gasteiger partial charge in [0.1, 0.15) is 17.5 Å². The Kier molecular flexibility index (Phi) is 5.78. The average Bonchev–Trinajstić information content (AvgIpc) is 3.61. The van der Waals surface area contributed by atoms with Crippen molar-refractivity contribution in [1.82, 2.24) is 4.98 Å². The van der Waals surface area contributed by atoms with Gasteiger partial charge in [0.15, 0.2) is 0 Å². The largest absolute Gasteiger partial charge is 0.391 e. The quantitative estimate of drug-likeness (QED) is 0.550. The number of hydrogen-bond donors (Lipinski definition) is 2. The maximum atomic E-state index is 14.9. The van der Waals surface area contributed by atoms with Gasteiger partial charge in [0.05, 0.1) is 23.9 Å². The number of fused-ring (bicyclic) bond motifs is 2. The predicted octanol–water partition coefficient (Wildman–Crippen LogP) is 4.55. The number of ether oxygens (including phenoxy) is 1. The topological polar surface area (TPSA) is 74.7 Å². The van der Waals surface area contributed by atoms with E-state index in [0.29, 0.717) is 18.5 Å². The van der Waals surface area contributed by atoms with Crippen molar-refractivity contribution in [2.45, 2.75) is 37.6 Å². The number of β-amino-alcohol motifs (C(OH)–C–C–N with tert-alkyl or cyclic N) is 1. The van der Waals surface area contributed by atoms with Crippen LogP contribution in [0, 0.1) is 11.6 Å². The molecule has 4 heterocycles. The lowest BCUT2D eigenvalue weighted by Gasteiger charge is -2.20. The summed E-state index contributed by atoms with van der Waals surface area (Å²) in [6.07, 6.45) is 3.10. The van der Waals surface area contributed by atoms with Crippen LogP contribution in [0.1, 0.15) is 24.8 Å². The molecule has 3 unspecified atom stereocenters. The summed E-state index contributed by atoms with van der Waals surface area (Å²) in [7, 11) is 0. The molecule has 6 nitrogen and oxygen atoms in total. The Hall–Kier alpha value is -3.62. The van der Waals surface area contributed by atoms with Gasteiger partial charge in [-0.1, -0.05) is 18.2 Å². The Morgan fingerprint density at radius 3 is 2.58 bits per heavy atom. The molecule has 1 amide bonds. The molecule has 36 heavy (non-hydrogen) atoms. The second-order valence-corrected chi connectivity index (χ2v) is 9.44. The van der Waals surface area contributed by atoms with E-state index < -0.39 is 11.6 Å². The Bertz CT molecular complexity index is 1380. The fourth-order valence-corrected chi connectivity index (χ4v) is 5.42. The number of aliphatic hydroxyl groups is 1.